The van der Waals surface area contributed by atoms with Crippen LogP contribution in [-0.2, 0) is 7.05 Å². The second-order valence-corrected chi connectivity index (χ2v) is 4.56. The fourth-order valence-electron chi connectivity index (χ4n) is 2.18. The molecule has 0 saturated carbocycles. The van der Waals surface area contributed by atoms with Crippen LogP contribution in [0, 0.1) is 6.92 Å². The van der Waals surface area contributed by atoms with Crippen LogP contribution in [0.3, 0.4) is 0 Å². The predicted octanol–water partition coefficient (Wildman–Crippen LogP) is 1.16. The van der Waals surface area contributed by atoms with Gasteiger partial charge in [-0.3, -0.25) is 4.68 Å². The van der Waals surface area contributed by atoms with Crippen molar-refractivity contribution in [1.82, 2.24) is 29.4 Å². The van der Waals surface area contributed by atoms with E-state index in [-0.39, 0.29) is 5.95 Å². The number of anilines is 1. The molecule has 0 saturated heterocycles. The Morgan fingerprint density at radius 1 is 1.20 bits per heavy atom. The first-order chi connectivity index (χ1) is 9.63. The molecule has 4 heterocycles. The van der Waals surface area contributed by atoms with Crippen molar-refractivity contribution in [1.29, 1.82) is 0 Å². The average Bonchev–Trinajstić information content (AvgIpc) is 3.09. The maximum atomic E-state index is 5.92. The summed E-state index contributed by atoms with van der Waals surface area (Å²) in [5.41, 5.74) is 7.21. The van der Waals surface area contributed by atoms with Crippen molar-refractivity contribution in [2.75, 3.05) is 5.73 Å². The van der Waals surface area contributed by atoms with Crippen LogP contribution >= 0.6 is 0 Å². The minimum Gasteiger partial charge on any atom is -0.458 e. The van der Waals surface area contributed by atoms with Gasteiger partial charge < -0.3 is 10.2 Å². The van der Waals surface area contributed by atoms with E-state index in [0.717, 1.165) is 11.1 Å². The molecular weight excluding hydrogens is 258 g/mol. The number of nitrogens with zero attached hydrogens (tertiary/aromatic N) is 6. The zero-order chi connectivity index (χ0) is 13.9. The van der Waals surface area contributed by atoms with E-state index < -0.39 is 0 Å². The fraction of sp³-hybridized carbons (Fsp3) is 0.167. The van der Waals surface area contributed by atoms with Gasteiger partial charge in [-0.15, -0.1) is 5.10 Å². The molecule has 2 N–H and O–H groups in total. The zero-order valence-corrected chi connectivity index (χ0v) is 10.9. The van der Waals surface area contributed by atoms with Gasteiger partial charge in [-0.2, -0.15) is 14.6 Å². The Bertz CT molecular complexity index is 946. The molecule has 0 aromatic carbocycles. The van der Waals surface area contributed by atoms with Gasteiger partial charge in [-0.25, -0.2) is 4.98 Å². The zero-order valence-electron chi connectivity index (χ0n) is 10.9. The monoisotopic (exact) mass is 269 g/mol. The molecule has 8 heteroatoms. The van der Waals surface area contributed by atoms with Crippen LogP contribution in [-0.4, -0.2) is 29.4 Å². The molecule has 0 radical (unpaired) electrons. The van der Waals surface area contributed by atoms with Crippen LogP contribution in [0.1, 0.15) is 5.76 Å². The molecule has 8 nitrogen and oxygen atoms in total. The van der Waals surface area contributed by atoms with E-state index in [1.54, 1.807) is 17.9 Å². The first-order valence-electron chi connectivity index (χ1n) is 6.04. The number of hydrogen-bond donors (Lipinski definition) is 1. The van der Waals surface area contributed by atoms with Gasteiger partial charge in [0.2, 0.25) is 11.8 Å². The lowest BCUT2D eigenvalue weighted by Gasteiger charge is -1.98. The van der Waals surface area contributed by atoms with Gasteiger partial charge >= 0.3 is 0 Å². The summed E-state index contributed by atoms with van der Waals surface area (Å²) in [4.78, 5) is 8.77. The molecule has 0 unspecified atom stereocenters. The van der Waals surface area contributed by atoms with Crippen molar-refractivity contribution in [3.8, 4) is 11.6 Å². The Morgan fingerprint density at radius 3 is 2.80 bits per heavy atom. The largest absolute Gasteiger partial charge is 0.458 e. The normalized spacial score (nSPS) is 11.7. The molecule has 0 bridgehead atoms. The van der Waals surface area contributed by atoms with Crippen molar-refractivity contribution in [3.63, 3.8) is 0 Å². The maximum Gasteiger partial charge on any atom is 0.225 e. The number of hydrogen-bond acceptors (Lipinski definition) is 6. The Balaban J connectivity index is 2.07. The number of rotatable bonds is 1. The summed E-state index contributed by atoms with van der Waals surface area (Å²) in [6.45, 7) is 1.87. The van der Waals surface area contributed by atoms with E-state index in [4.69, 9.17) is 10.2 Å². The number of nitrogens with two attached hydrogens (primary N) is 1. The Kier molecular flexibility index (Phi) is 1.95. The van der Waals surface area contributed by atoms with Gasteiger partial charge in [0, 0.05) is 7.05 Å². The average molecular weight is 269 g/mol. The quantitative estimate of drug-likeness (QED) is 0.556. The van der Waals surface area contributed by atoms with Gasteiger partial charge in [-0.1, -0.05) is 0 Å². The number of aromatic nitrogens is 6. The van der Waals surface area contributed by atoms with Gasteiger partial charge in [0.05, 0.1) is 11.6 Å². The van der Waals surface area contributed by atoms with Crippen LogP contribution in [0.5, 0.6) is 0 Å². The summed E-state index contributed by atoms with van der Waals surface area (Å²) in [6, 6.07) is 3.69. The molecular formula is C12H11N7O. The van der Waals surface area contributed by atoms with Crippen molar-refractivity contribution in [2.45, 2.75) is 6.92 Å². The Hall–Kier alpha value is -2.90. The Morgan fingerprint density at radius 2 is 2.05 bits per heavy atom. The lowest BCUT2D eigenvalue weighted by molar-refractivity contribution is 0.544. The van der Waals surface area contributed by atoms with Gasteiger partial charge in [-0.05, 0) is 19.1 Å². The fourth-order valence-corrected chi connectivity index (χ4v) is 2.18. The summed E-state index contributed by atoms with van der Waals surface area (Å²) in [7, 11) is 1.80. The first kappa shape index (κ1) is 11.0. The molecule has 4 aromatic heterocycles. The third kappa shape index (κ3) is 1.35. The molecule has 0 atom stereocenters. The van der Waals surface area contributed by atoms with E-state index >= 15 is 0 Å². The number of furan rings is 1. The summed E-state index contributed by atoms with van der Waals surface area (Å²) < 4.78 is 8.68. The minimum absolute atomic E-state index is 0.262. The summed E-state index contributed by atoms with van der Waals surface area (Å²) in [6.07, 6.45) is 1.70. The lowest BCUT2D eigenvalue weighted by Crippen LogP contribution is -2.03. The predicted molar refractivity (Wildman–Crippen MR) is 71.9 cm³/mol. The first-order valence-corrected chi connectivity index (χ1v) is 6.04. The molecule has 100 valence electrons. The minimum atomic E-state index is 0.262. The highest BCUT2D eigenvalue weighted by Crippen LogP contribution is 2.23. The lowest BCUT2D eigenvalue weighted by atomic mass is 10.4. The smallest absolute Gasteiger partial charge is 0.225 e. The SMILES string of the molecule is Cc1ccc(-c2nc3c4cnn(C)c4nc(N)n3n2)o1. The van der Waals surface area contributed by atoms with Crippen LogP contribution in [0.2, 0.25) is 0 Å². The molecule has 0 amide bonds. The summed E-state index contributed by atoms with van der Waals surface area (Å²) in [5, 5.41) is 9.30. The molecule has 0 fully saturated rings. The second kappa shape index (κ2) is 3.56. The van der Waals surface area contributed by atoms with Crippen molar-refractivity contribution < 1.29 is 4.42 Å². The molecule has 0 aliphatic heterocycles. The van der Waals surface area contributed by atoms with Crippen LogP contribution in [0.25, 0.3) is 28.3 Å². The maximum absolute atomic E-state index is 5.92. The van der Waals surface area contributed by atoms with Crippen LogP contribution in [0.4, 0.5) is 5.95 Å². The highest BCUT2D eigenvalue weighted by atomic mass is 16.3. The molecule has 4 aromatic rings. The van der Waals surface area contributed by atoms with E-state index in [1.165, 1.54) is 4.52 Å². The molecule has 4 rings (SSSR count). The third-order valence-corrected chi connectivity index (χ3v) is 3.15. The van der Waals surface area contributed by atoms with Crippen LogP contribution < -0.4 is 5.73 Å². The molecule has 0 aliphatic rings. The van der Waals surface area contributed by atoms with Crippen molar-refractivity contribution in [2.24, 2.45) is 7.05 Å². The standard InChI is InChI=1S/C12H11N7O/c1-6-3-4-8(20-6)9-15-11-7-5-14-18(2)10(7)16-12(13)19(11)17-9/h3-5H,1-2H3,(H2,13,16). The third-order valence-electron chi connectivity index (χ3n) is 3.15. The van der Waals surface area contributed by atoms with E-state index in [2.05, 4.69) is 20.2 Å². The van der Waals surface area contributed by atoms with Crippen LogP contribution in [0.15, 0.2) is 22.7 Å². The molecule has 20 heavy (non-hydrogen) atoms. The van der Waals surface area contributed by atoms with Crippen molar-refractivity contribution >= 4 is 22.6 Å². The van der Waals surface area contributed by atoms with E-state index in [0.29, 0.717) is 22.9 Å². The highest BCUT2D eigenvalue weighted by molar-refractivity contribution is 5.90. The van der Waals surface area contributed by atoms with Gasteiger partial charge in [0.15, 0.2) is 17.1 Å². The van der Waals surface area contributed by atoms with E-state index in [9.17, 15) is 0 Å². The summed E-state index contributed by atoms with van der Waals surface area (Å²) in [5.74, 6) is 2.14. The van der Waals surface area contributed by atoms with Crippen molar-refractivity contribution in [3.05, 3.63) is 24.1 Å². The van der Waals surface area contributed by atoms with E-state index in [1.807, 2.05) is 19.1 Å². The molecule has 0 spiro atoms. The number of nitrogen functional groups attached to an aromatic ring is 1. The summed E-state index contributed by atoms with van der Waals surface area (Å²) >= 11 is 0. The topological polar surface area (TPSA) is 100 Å². The van der Waals surface area contributed by atoms with Gasteiger partial charge in [0.1, 0.15) is 5.76 Å². The Labute approximate surface area is 112 Å². The molecule has 0 aliphatic carbocycles. The highest BCUT2D eigenvalue weighted by Gasteiger charge is 2.16. The number of fused-ring (bicyclic) bond motifs is 3. The number of aryl methyl sites for hydroxylation is 2. The second-order valence-electron chi connectivity index (χ2n) is 4.56. The van der Waals surface area contributed by atoms with Gasteiger partial charge in [0.25, 0.3) is 0 Å².